The third-order valence-corrected chi connectivity index (χ3v) is 21.8. The van der Waals surface area contributed by atoms with Gasteiger partial charge in [0.05, 0.1) is 0 Å². The van der Waals surface area contributed by atoms with Crippen LogP contribution in [-0.4, -0.2) is 22.2 Å². The van der Waals surface area contributed by atoms with E-state index >= 15 is 0 Å². The van der Waals surface area contributed by atoms with E-state index in [0.717, 1.165) is 0 Å². The first-order chi connectivity index (χ1) is 42.1. The fourth-order valence-corrected chi connectivity index (χ4v) is 17.9. The van der Waals surface area contributed by atoms with Gasteiger partial charge in [0.2, 0.25) is 13.4 Å². The summed E-state index contributed by atoms with van der Waals surface area (Å²) in [6, 6.07) is 91.4. The van der Waals surface area contributed by atoms with Crippen LogP contribution in [0.5, 0.6) is 0 Å². The van der Waals surface area contributed by atoms with Crippen molar-refractivity contribution in [3.63, 3.8) is 0 Å². The van der Waals surface area contributed by atoms with Crippen LogP contribution >= 0.6 is 0 Å². The number of nitrogens with zero attached hydrogens (tertiary/aromatic N) is 1. The smallest absolute Gasteiger partial charge is 0.240 e. The van der Waals surface area contributed by atoms with Crippen LogP contribution in [0.25, 0.3) is 21.5 Å². The molecule has 0 N–H and O–H groups in total. The molecule has 431 valence electrons. The second-order valence-electron chi connectivity index (χ2n) is 26.4. The molecule has 0 amide bonds. The van der Waals surface area contributed by atoms with Crippen molar-refractivity contribution >= 4 is 98.8 Å². The Morgan fingerprint density at radius 3 is 1.06 bits per heavy atom. The molecule has 0 bridgehead atoms. The summed E-state index contributed by atoms with van der Waals surface area (Å²) in [6.45, 7) is 31.1. The minimum absolute atomic E-state index is 0.0190. The highest BCUT2D eigenvalue weighted by atomic mass is 28.3. The molecule has 10 aromatic rings. The van der Waals surface area contributed by atoms with Crippen molar-refractivity contribution in [1.82, 2.24) is 0 Å². The Hall–Kier alpha value is -8.17. The van der Waals surface area contributed by atoms with Crippen LogP contribution < -0.4 is 42.9 Å². The zero-order valence-corrected chi connectivity index (χ0v) is 54.6. The highest BCUT2D eigenvalue weighted by Crippen LogP contribution is 2.52. The topological polar surface area (TPSA) is 3.24 Å². The molecular weight excluding hydrogens is 1060 g/mol. The van der Waals surface area contributed by atoms with Gasteiger partial charge in [-0.05, 0) is 155 Å². The SMILES string of the molecule is Cc1ccccc1N(c1ccc2c(c1)B(c1c(C(C)C)cc(C(C)C)cc1C(C)C)c1ccccc1B2c1c(C(C)C)cc(C(C)C)cc1C(C)C)c1ccccc1[Si]1C(c2ccccc2)=C(c2ccccc2)C(c2ccccc2)=C1c1ccccc1. The molecule has 1 radical (unpaired) electrons. The largest absolute Gasteiger partial charge is 0.310 e. The van der Waals surface area contributed by atoms with Gasteiger partial charge in [-0.25, -0.2) is 0 Å². The molecule has 1 nitrogen and oxygen atoms in total. The average molecular weight is 1150 g/mol. The first-order valence-corrected chi connectivity index (χ1v) is 33.7. The van der Waals surface area contributed by atoms with Crippen molar-refractivity contribution in [2.24, 2.45) is 0 Å². The Balaban J connectivity index is 1.21. The van der Waals surface area contributed by atoms with Gasteiger partial charge < -0.3 is 4.90 Å². The predicted molar refractivity (Wildman–Crippen MR) is 384 cm³/mol. The molecule has 0 unspecified atom stereocenters. The van der Waals surface area contributed by atoms with E-state index in [1.807, 2.05) is 0 Å². The standard InChI is InChI=1S/C83H84B2NSi/c1-53(2)64-48-67(55(5)6)80(68(49-64)56(7)8)84-71-41-27-28-42-72(71)85(81-69(57(9)10)50-65(54(3)4)51-70(81)58(11)12)74-52-66(46-47-73(74)84)86(75-43-29-26-32-59(75)13)76-44-30-31-45-77(76)87-82(62-37-22-16-23-38-62)78(60-33-18-14-19-34-60)79(61-35-20-15-21-36-61)83(87)63-39-24-17-25-40-63/h14-58H,1-13H3. The minimum Gasteiger partial charge on any atom is -0.310 e. The fourth-order valence-electron chi connectivity index (χ4n) is 14.5. The van der Waals surface area contributed by atoms with Gasteiger partial charge >= 0.3 is 0 Å². The number of anilines is 3. The molecule has 2 heterocycles. The van der Waals surface area contributed by atoms with Gasteiger partial charge in [0.15, 0.2) is 8.80 Å². The molecule has 2 aliphatic rings. The lowest BCUT2D eigenvalue weighted by Gasteiger charge is -2.38. The third kappa shape index (κ3) is 11.0. The zero-order valence-electron chi connectivity index (χ0n) is 53.6. The van der Waals surface area contributed by atoms with Crippen LogP contribution in [0.1, 0.15) is 180 Å². The zero-order chi connectivity index (χ0) is 60.8. The number of rotatable bonds is 16. The molecule has 0 fully saturated rings. The Kier molecular flexibility index (Phi) is 16.9. The Morgan fingerprint density at radius 1 is 0.310 bits per heavy atom. The molecule has 10 aromatic carbocycles. The summed E-state index contributed by atoms with van der Waals surface area (Å²) in [7, 11) is -1.88. The van der Waals surface area contributed by atoms with Crippen molar-refractivity contribution in [3.8, 4) is 0 Å². The van der Waals surface area contributed by atoms with Crippen LogP contribution in [0.3, 0.4) is 0 Å². The van der Waals surface area contributed by atoms with E-state index in [4.69, 9.17) is 0 Å². The molecule has 0 aliphatic carbocycles. The number of benzene rings is 10. The Morgan fingerprint density at radius 2 is 0.655 bits per heavy atom. The first kappa shape index (κ1) is 59.2. The number of allylic oxidation sites excluding steroid dienone is 2. The highest BCUT2D eigenvalue weighted by Gasteiger charge is 2.45. The van der Waals surface area contributed by atoms with Crippen LogP contribution in [-0.2, 0) is 0 Å². The molecule has 0 aromatic heterocycles. The summed E-state index contributed by atoms with van der Waals surface area (Å²) in [5.41, 5.74) is 29.7. The number of aryl methyl sites for hydroxylation is 1. The maximum Gasteiger partial charge on any atom is 0.240 e. The van der Waals surface area contributed by atoms with Crippen LogP contribution in [0, 0.1) is 6.92 Å². The van der Waals surface area contributed by atoms with Gasteiger partial charge in [0, 0.05) is 17.1 Å². The van der Waals surface area contributed by atoms with E-state index in [2.05, 4.69) is 331 Å². The van der Waals surface area contributed by atoms with Gasteiger partial charge in [-0.3, -0.25) is 0 Å². The maximum atomic E-state index is 2.67. The van der Waals surface area contributed by atoms with Crippen molar-refractivity contribution in [3.05, 3.63) is 298 Å². The van der Waals surface area contributed by atoms with Crippen LogP contribution in [0.4, 0.5) is 17.1 Å². The van der Waals surface area contributed by atoms with Crippen molar-refractivity contribution in [2.45, 2.75) is 126 Å². The summed E-state index contributed by atoms with van der Waals surface area (Å²) in [5.74, 6) is 2.09. The number of hydrogen-bond donors (Lipinski definition) is 0. The molecule has 0 atom stereocenters. The fraction of sp³-hybridized carbons (Fsp3) is 0.229. The molecule has 2 aliphatic heterocycles. The van der Waals surface area contributed by atoms with E-state index < -0.39 is 8.80 Å². The van der Waals surface area contributed by atoms with E-state index in [1.54, 1.807) is 0 Å². The van der Waals surface area contributed by atoms with E-state index in [9.17, 15) is 0 Å². The van der Waals surface area contributed by atoms with Crippen LogP contribution in [0.2, 0.25) is 0 Å². The number of fused-ring (bicyclic) bond motifs is 2. The lowest BCUT2D eigenvalue weighted by atomic mass is 9.20. The molecule has 0 spiro atoms. The van der Waals surface area contributed by atoms with Crippen molar-refractivity contribution in [1.29, 1.82) is 0 Å². The summed E-state index contributed by atoms with van der Waals surface area (Å²) < 4.78 is 0. The van der Waals surface area contributed by atoms with Gasteiger partial charge in [-0.1, -0.05) is 328 Å². The Bertz CT molecular complexity index is 4030. The quantitative estimate of drug-likeness (QED) is 0.0872. The summed E-state index contributed by atoms with van der Waals surface area (Å²) in [4.78, 5) is 2.66. The highest BCUT2D eigenvalue weighted by molar-refractivity contribution is 7.12. The normalized spacial score (nSPS) is 13.6. The summed E-state index contributed by atoms with van der Waals surface area (Å²) in [5, 5.41) is 4.16. The molecule has 12 rings (SSSR count). The molecular formula is C83H84B2NSi. The lowest BCUT2D eigenvalue weighted by Crippen LogP contribution is -2.76. The number of para-hydroxylation sites is 2. The second-order valence-corrected chi connectivity index (χ2v) is 28.7. The number of hydrogen-bond acceptors (Lipinski definition) is 1. The van der Waals surface area contributed by atoms with Crippen molar-refractivity contribution in [2.75, 3.05) is 4.90 Å². The maximum absolute atomic E-state index is 2.67. The predicted octanol–water partition coefficient (Wildman–Crippen LogP) is 17.6. The molecule has 0 saturated carbocycles. The monoisotopic (exact) mass is 1140 g/mol. The minimum atomic E-state index is -1.88. The van der Waals surface area contributed by atoms with Gasteiger partial charge in [0.1, 0.15) is 0 Å². The molecule has 0 saturated heterocycles. The third-order valence-electron chi connectivity index (χ3n) is 18.8. The average Bonchev–Trinajstić information content (AvgIpc) is 1.72. The molecule has 4 heteroatoms. The first-order valence-electron chi connectivity index (χ1n) is 32.2. The van der Waals surface area contributed by atoms with Gasteiger partial charge in [0.25, 0.3) is 0 Å². The van der Waals surface area contributed by atoms with Gasteiger partial charge in [-0.15, -0.1) is 0 Å². The van der Waals surface area contributed by atoms with Crippen LogP contribution in [0.15, 0.2) is 237 Å². The van der Waals surface area contributed by atoms with Crippen molar-refractivity contribution < 1.29 is 0 Å². The van der Waals surface area contributed by atoms with Gasteiger partial charge in [-0.2, -0.15) is 0 Å². The summed E-state index contributed by atoms with van der Waals surface area (Å²) in [6.07, 6.45) is 0. The lowest BCUT2D eigenvalue weighted by molar-refractivity contribution is 0.812. The van der Waals surface area contributed by atoms with E-state index in [-0.39, 0.29) is 13.4 Å². The van der Waals surface area contributed by atoms with E-state index in [1.165, 1.54) is 138 Å². The molecule has 87 heavy (non-hydrogen) atoms. The van der Waals surface area contributed by atoms with E-state index in [0.29, 0.717) is 35.5 Å². The summed E-state index contributed by atoms with van der Waals surface area (Å²) >= 11 is 0. The second kappa shape index (κ2) is 24.9. The Labute approximate surface area is 523 Å².